The molecule has 0 aliphatic rings. The summed E-state index contributed by atoms with van der Waals surface area (Å²) in [7, 11) is 1.77. The van der Waals surface area contributed by atoms with Crippen molar-refractivity contribution < 1.29 is 0 Å². The van der Waals surface area contributed by atoms with Gasteiger partial charge in [-0.2, -0.15) is 4.98 Å². The Labute approximate surface area is 113 Å². The lowest BCUT2D eigenvalue weighted by Crippen LogP contribution is -2.00. The Morgan fingerprint density at radius 2 is 2.12 bits per heavy atom. The van der Waals surface area contributed by atoms with Crippen molar-refractivity contribution in [1.82, 2.24) is 9.97 Å². The van der Waals surface area contributed by atoms with Crippen molar-refractivity contribution in [3.8, 4) is 0 Å². The maximum absolute atomic E-state index is 6.01. The first-order chi connectivity index (χ1) is 8.20. The van der Waals surface area contributed by atoms with Gasteiger partial charge in [-0.05, 0) is 34.1 Å². The van der Waals surface area contributed by atoms with Gasteiger partial charge in [0.2, 0.25) is 5.95 Å². The molecule has 6 heteroatoms. The molecule has 0 atom stereocenters. The lowest BCUT2D eigenvalue weighted by atomic mass is 10.3. The maximum Gasteiger partial charge on any atom is 0.224 e. The van der Waals surface area contributed by atoms with E-state index < -0.39 is 0 Å². The fourth-order valence-electron chi connectivity index (χ4n) is 1.29. The molecule has 0 unspecified atom stereocenters. The van der Waals surface area contributed by atoms with Gasteiger partial charge in [-0.15, -0.1) is 0 Å². The van der Waals surface area contributed by atoms with Crippen LogP contribution in [0.3, 0.4) is 0 Å². The van der Waals surface area contributed by atoms with Gasteiger partial charge in [0.1, 0.15) is 5.82 Å². The summed E-state index contributed by atoms with van der Waals surface area (Å²) in [5, 5.41) is 6.70. The minimum atomic E-state index is 0.563. The molecule has 0 radical (unpaired) electrons. The molecule has 2 N–H and O–H groups in total. The summed E-state index contributed by atoms with van der Waals surface area (Å²) in [4.78, 5) is 8.30. The Morgan fingerprint density at radius 3 is 2.88 bits per heavy atom. The Bertz CT molecular complexity index is 533. The zero-order valence-electron chi connectivity index (χ0n) is 9.04. The van der Waals surface area contributed by atoms with Crippen molar-refractivity contribution in [2.24, 2.45) is 0 Å². The fraction of sp³-hybridized carbons (Fsp3) is 0.0909. The number of anilines is 3. The normalized spacial score (nSPS) is 10.1. The van der Waals surface area contributed by atoms with Gasteiger partial charge in [0, 0.05) is 13.2 Å². The maximum atomic E-state index is 6.01. The summed E-state index contributed by atoms with van der Waals surface area (Å²) in [6.07, 6.45) is 1.68. The summed E-state index contributed by atoms with van der Waals surface area (Å²) in [6, 6.07) is 7.39. The molecule has 0 spiro atoms. The molecule has 0 amide bonds. The van der Waals surface area contributed by atoms with Gasteiger partial charge in [0.25, 0.3) is 0 Å². The zero-order valence-corrected chi connectivity index (χ0v) is 11.4. The molecule has 4 nitrogen and oxygen atoms in total. The third kappa shape index (κ3) is 2.87. The van der Waals surface area contributed by atoms with Crippen LogP contribution in [0.15, 0.2) is 34.9 Å². The number of rotatable bonds is 3. The molecule has 0 aliphatic carbocycles. The number of nitrogens with one attached hydrogen (secondary N) is 2. The molecule has 0 saturated carbocycles. The third-order valence-electron chi connectivity index (χ3n) is 2.09. The van der Waals surface area contributed by atoms with Gasteiger partial charge in [0.05, 0.1) is 15.2 Å². The first-order valence-corrected chi connectivity index (χ1v) is 6.09. The number of hydrogen-bond donors (Lipinski definition) is 2. The lowest BCUT2D eigenvalue weighted by Gasteiger charge is -2.09. The van der Waals surface area contributed by atoms with Gasteiger partial charge in [-0.3, -0.25) is 0 Å². The van der Waals surface area contributed by atoms with Crippen molar-refractivity contribution >= 4 is 45.0 Å². The van der Waals surface area contributed by atoms with E-state index in [0.29, 0.717) is 16.8 Å². The van der Waals surface area contributed by atoms with Crippen molar-refractivity contribution in [2.45, 2.75) is 0 Å². The molecule has 17 heavy (non-hydrogen) atoms. The second-order valence-corrected chi connectivity index (χ2v) is 4.44. The Hall–Kier alpha value is -1.33. The molecule has 2 rings (SSSR count). The molecule has 1 heterocycles. The lowest BCUT2D eigenvalue weighted by molar-refractivity contribution is 1.15. The minimum Gasteiger partial charge on any atom is -0.357 e. The fourth-order valence-corrected chi connectivity index (χ4v) is 1.83. The van der Waals surface area contributed by atoms with Gasteiger partial charge in [0.15, 0.2) is 0 Å². The molecule has 0 aliphatic heterocycles. The Morgan fingerprint density at radius 1 is 1.29 bits per heavy atom. The highest BCUT2D eigenvalue weighted by Gasteiger charge is 2.05. The highest BCUT2D eigenvalue weighted by Crippen LogP contribution is 2.31. The van der Waals surface area contributed by atoms with Crippen LogP contribution in [0.2, 0.25) is 5.02 Å². The van der Waals surface area contributed by atoms with Crippen molar-refractivity contribution in [3.63, 3.8) is 0 Å². The largest absolute Gasteiger partial charge is 0.357 e. The van der Waals surface area contributed by atoms with E-state index in [4.69, 9.17) is 11.6 Å². The molecule has 0 fully saturated rings. The number of halogens is 2. The van der Waals surface area contributed by atoms with Gasteiger partial charge in [-0.25, -0.2) is 4.98 Å². The quantitative estimate of drug-likeness (QED) is 0.907. The van der Waals surface area contributed by atoms with Crippen LogP contribution >= 0.6 is 27.5 Å². The number of hydrogen-bond acceptors (Lipinski definition) is 4. The molecule has 1 aromatic heterocycles. The van der Waals surface area contributed by atoms with E-state index in [9.17, 15) is 0 Å². The number of benzene rings is 1. The summed E-state index contributed by atoms with van der Waals surface area (Å²) >= 11 is 9.43. The molecule has 1 aromatic carbocycles. The molecular formula is C11H10BrClN4. The average Bonchev–Trinajstić information content (AvgIpc) is 2.35. The van der Waals surface area contributed by atoms with E-state index in [2.05, 4.69) is 36.5 Å². The number of aromatic nitrogens is 2. The second kappa shape index (κ2) is 5.33. The number of nitrogens with zero attached hydrogens (tertiary/aromatic N) is 2. The third-order valence-corrected chi connectivity index (χ3v) is 3.49. The van der Waals surface area contributed by atoms with Crippen LogP contribution < -0.4 is 10.6 Å². The van der Waals surface area contributed by atoms with E-state index in [1.807, 2.05) is 18.2 Å². The van der Waals surface area contributed by atoms with Crippen LogP contribution in [0.1, 0.15) is 0 Å². The SMILES string of the molecule is CNc1nccc(Nc2cccc(Cl)c2Br)n1. The van der Waals surface area contributed by atoms with Crippen LogP contribution in [0.5, 0.6) is 0 Å². The smallest absolute Gasteiger partial charge is 0.224 e. The van der Waals surface area contributed by atoms with Crippen molar-refractivity contribution in [1.29, 1.82) is 0 Å². The van der Waals surface area contributed by atoms with E-state index in [-0.39, 0.29) is 0 Å². The van der Waals surface area contributed by atoms with Crippen molar-refractivity contribution in [2.75, 3.05) is 17.7 Å². The Kier molecular flexibility index (Phi) is 3.81. The molecule has 2 aromatic rings. The molecular weight excluding hydrogens is 304 g/mol. The average molecular weight is 314 g/mol. The molecule has 88 valence electrons. The summed E-state index contributed by atoms with van der Waals surface area (Å²) in [5.74, 6) is 1.26. The second-order valence-electron chi connectivity index (χ2n) is 3.24. The highest BCUT2D eigenvalue weighted by molar-refractivity contribution is 9.10. The van der Waals surface area contributed by atoms with E-state index >= 15 is 0 Å². The van der Waals surface area contributed by atoms with Crippen LogP contribution in [-0.4, -0.2) is 17.0 Å². The summed E-state index contributed by atoms with van der Waals surface area (Å²) in [6.45, 7) is 0. The molecule has 0 bridgehead atoms. The first kappa shape index (κ1) is 12.1. The topological polar surface area (TPSA) is 49.8 Å². The van der Waals surface area contributed by atoms with E-state index in [1.165, 1.54) is 0 Å². The van der Waals surface area contributed by atoms with Gasteiger partial charge in [-0.1, -0.05) is 17.7 Å². The molecule has 0 saturated heterocycles. The monoisotopic (exact) mass is 312 g/mol. The van der Waals surface area contributed by atoms with Crippen molar-refractivity contribution in [3.05, 3.63) is 40.0 Å². The van der Waals surface area contributed by atoms with Crippen LogP contribution in [0, 0.1) is 0 Å². The minimum absolute atomic E-state index is 0.563. The van der Waals surface area contributed by atoms with Gasteiger partial charge < -0.3 is 10.6 Å². The zero-order chi connectivity index (χ0) is 12.3. The predicted molar refractivity (Wildman–Crippen MR) is 74.0 cm³/mol. The van der Waals surface area contributed by atoms with E-state index in [1.54, 1.807) is 19.3 Å². The van der Waals surface area contributed by atoms with E-state index in [0.717, 1.165) is 10.2 Å². The van der Waals surface area contributed by atoms with Crippen LogP contribution in [-0.2, 0) is 0 Å². The summed E-state index contributed by atoms with van der Waals surface area (Å²) < 4.78 is 0.811. The first-order valence-electron chi connectivity index (χ1n) is 4.92. The highest BCUT2D eigenvalue weighted by atomic mass is 79.9. The summed E-state index contributed by atoms with van der Waals surface area (Å²) in [5.41, 5.74) is 0.859. The van der Waals surface area contributed by atoms with Crippen LogP contribution in [0.25, 0.3) is 0 Å². The van der Waals surface area contributed by atoms with Crippen LogP contribution in [0.4, 0.5) is 17.5 Å². The van der Waals surface area contributed by atoms with Gasteiger partial charge >= 0.3 is 0 Å². The predicted octanol–water partition coefficient (Wildman–Crippen LogP) is 3.68. The standard InChI is InChI=1S/C11H10BrClN4/c1-14-11-15-6-5-9(17-11)16-8-4-2-3-7(13)10(8)12/h2-6H,1H3,(H2,14,15,16,17). The Balaban J connectivity index is 2.28.